The van der Waals surface area contributed by atoms with Gasteiger partial charge in [-0.3, -0.25) is 0 Å². The minimum atomic E-state index is 0.705. The Morgan fingerprint density at radius 1 is 1.18 bits per heavy atom. The molecule has 0 amide bonds. The standard InChI is InChI=1S/C15H21NS/c1-11-15(8-9-17-11)16-14-7-6-12-4-2-3-5-13(12)10-14/h2-5,11,14-16H,6-10H2,1H3. The summed E-state index contributed by atoms with van der Waals surface area (Å²) in [4.78, 5) is 0. The zero-order valence-electron chi connectivity index (χ0n) is 10.5. The predicted molar refractivity (Wildman–Crippen MR) is 75.7 cm³/mol. The molecule has 1 aromatic rings. The van der Waals surface area contributed by atoms with Crippen LogP contribution in [0, 0.1) is 0 Å². The van der Waals surface area contributed by atoms with E-state index in [0.29, 0.717) is 6.04 Å². The molecule has 1 aromatic carbocycles. The van der Waals surface area contributed by atoms with Crippen molar-refractivity contribution in [2.45, 2.75) is 49.9 Å². The molecule has 92 valence electrons. The van der Waals surface area contributed by atoms with Crippen LogP contribution in [0.3, 0.4) is 0 Å². The average Bonchev–Trinajstić information content (AvgIpc) is 2.75. The van der Waals surface area contributed by atoms with E-state index >= 15 is 0 Å². The van der Waals surface area contributed by atoms with Gasteiger partial charge >= 0.3 is 0 Å². The van der Waals surface area contributed by atoms with Crippen LogP contribution in [0.15, 0.2) is 24.3 Å². The number of benzene rings is 1. The fourth-order valence-electron chi connectivity index (χ4n) is 3.09. The highest BCUT2D eigenvalue weighted by molar-refractivity contribution is 8.00. The normalized spacial score (nSPS) is 32.4. The lowest BCUT2D eigenvalue weighted by molar-refractivity contribution is 0.391. The third-order valence-corrected chi connectivity index (χ3v) is 5.50. The van der Waals surface area contributed by atoms with Crippen molar-refractivity contribution < 1.29 is 0 Å². The lowest BCUT2D eigenvalue weighted by Gasteiger charge is -2.29. The Morgan fingerprint density at radius 3 is 2.76 bits per heavy atom. The number of fused-ring (bicyclic) bond motifs is 1. The Hall–Kier alpha value is -0.470. The number of rotatable bonds is 2. The number of nitrogens with one attached hydrogen (secondary N) is 1. The molecule has 1 saturated heterocycles. The molecule has 0 bridgehead atoms. The lowest BCUT2D eigenvalue weighted by Crippen LogP contribution is -2.43. The molecule has 1 aliphatic carbocycles. The zero-order chi connectivity index (χ0) is 11.7. The summed E-state index contributed by atoms with van der Waals surface area (Å²) in [5, 5.41) is 4.69. The molecule has 1 fully saturated rings. The molecule has 3 unspecified atom stereocenters. The Kier molecular flexibility index (Phi) is 3.44. The molecule has 1 aliphatic heterocycles. The highest BCUT2D eigenvalue weighted by Crippen LogP contribution is 2.28. The molecule has 0 aromatic heterocycles. The van der Waals surface area contributed by atoms with E-state index in [1.54, 1.807) is 11.1 Å². The van der Waals surface area contributed by atoms with Crippen LogP contribution >= 0.6 is 11.8 Å². The molecule has 2 heteroatoms. The van der Waals surface area contributed by atoms with Crippen LogP contribution in [-0.4, -0.2) is 23.1 Å². The lowest BCUT2D eigenvalue weighted by atomic mass is 9.88. The molecule has 1 nitrogen and oxygen atoms in total. The first-order chi connectivity index (χ1) is 8.33. The first kappa shape index (κ1) is 11.6. The van der Waals surface area contributed by atoms with E-state index in [0.717, 1.165) is 11.3 Å². The van der Waals surface area contributed by atoms with Crippen LogP contribution in [0.4, 0.5) is 0 Å². The summed E-state index contributed by atoms with van der Waals surface area (Å²) in [6, 6.07) is 10.4. The number of aryl methyl sites for hydroxylation is 1. The first-order valence-corrected chi connectivity index (χ1v) is 7.82. The van der Waals surface area contributed by atoms with Gasteiger partial charge in [-0.1, -0.05) is 31.2 Å². The second-order valence-electron chi connectivity index (χ2n) is 5.35. The van der Waals surface area contributed by atoms with Crippen LogP contribution < -0.4 is 5.32 Å². The van der Waals surface area contributed by atoms with Crippen LogP contribution in [0.25, 0.3) is 0 Å². The van der Waals surface area contributed by atoms with E-state index in [-0.39, 0.29) is 0 Å². The minimum absolute atomic E-state index is 0.705. The van der Waals surface area contributed by atoms with Gasteiger partial charge in [-0.25, -0.2) is 0 Å². The van der Waals surface area contributed by atoms with Crippen molar-refractivity contribution in [3.8, 4) is 0 Å². The maximum atomic E-state index is 3.89. The SMILES string of the molecule is CC1SCCC1NC1CCc2ccccc2C1. The average molecular weight is 247 g/mol. The van der Waals surface area contributed by atoms with E-state index in [1.165, 1.54) is 31.4 Å². The molecular weight excluding hydrogens is 226 g/mol. The number of thioether (sulfide) groups is 1. The topological polar surface area (TPSA) is 12.0 Å². The highest BCUT2D eigenvalue weighted by Gasteiger charge is 2.27. The molecule has 2 aliphatic rings. The molecule has 0 spiro atoms. The molecule has 0 radical (unpaired) electrons. The summed E-state index contributed by atoms with van der Waals surface area (Å²) in [7, 11) is 0. The van der Waals surface area contributed by atoms with Crippen LogP contribution in [0.5, 0.6) is 0 Å². The van der Waals surface area contributed by atoms with Gasteiger partial charge in [0.15, 0.2) is 0 Å². The monoisotopic (exact) mass is 247 g/mol. The van der Waals surface area contributed by atoms with Gasteiger partial charge in [0.25, 0.3) is 0 Å². The van der Waals surface area contributed by atoms with Gasteiger partial charge in [-0.2, -0.15) is 11.8 Å². The van der Waals surface area contributed by atoms with Crippen molar-refractivity contribution in [2.75, 3.05) is 5.75 Å². The maximum absolute atomic E-state index is 3.89. The van der Waals surface area contributed by atoms with E-state index < -0.39 is 0 Å². The maximum Gasteiger partial charge on any atom is 0.0194 e. The molecular formula is C15H21NS. The second-order valence-corrected chi connectivity index (χ2v) is 6.83. The largest absolute Gasteiger partial charge is 0.310 e. The molecule has 0 saturated carbocycles. The van der Waals surface area contributed by atoms with E-state index in [1.807, 2.05) is 0 Å². The van der Waals surface area contributed by atoms with Gasteiger partial charge in [-0.15, -0.1) is 0 Å². The third-order valence-electron chi connectivity index (χ3n) is 4.17. The van der Waals surface area contributed by atoms with Gasteiger partial charge in [0.1, 0.15) is 0 Å². The highest BCUT2D eigenvalue weighted by atomic mass is 32.2. The van der Waals surface area contributed by atoms with E-state index in [4.69, 9.17) is 0 Å². The Morgan fingerprint density at radius 2 is 2.00 bits per heavy atom. The molecule has 3 rings (SSSR count). The molecule has 17 heavy (non-hydrogen) atoms. The summed E-state index contributed by atoms with van der Waals surface area (Å²) >= 11 is 2.12. The zero-order valence-corrected chi connectivity index (χ0v) is 11.3. The fourth-order valence-corrected chi connectivity index (χ4v) is 4.30. The summed E-state index contributed by atoms with van der Waals surface area (Å²) < 4.78 is 0. The summed E-state index contributed by atoms with van der Waals surface area (Å²) in [6.07, 6.45) is 5.14. The second kappa shape index (κ2) is 5.03. The number of hydrogen-bond acceptors (Lipinski definition) is 2. The molecule has 3 atom stereocenters. The van der Waals surface area contributed by atoms with Crippen LogP contribution in [-0.2, 0) is 12.8 Å². The van der Waals surface area contributed by atoms with Crippen LogP contribution in [0.2, 0.25) is 0 Å². The van der Waals surface area contributed by atoms with Gasteiger partial charge < -0.3 is 5.32 Å². The number of hydrogen-bond donors (Lipinski definition) is 1. The minimum Gasteiger partial charge on any atom is -0.310 e. The van der Waals surface area contributed by atoms with Gasteiger partial charge in [0.2, 0.25) is 0 Å². The van der Waals surface area contributed by atoms with E-state index in [9.17, 15) is 0 Å². The summed E-state index contributed by atoms with van der Waals surface area (Å²) in [5.74, 6) is 1.34. The van der Waals surface area contributed by atoms with Gasteiger partial charge in [-0.05, 0) is 42.6 Å². The Balaban J connectivity index is 1.64. The summed E-state index contributed by atoms with van der Waals surface area (Å²) in [5.41, 5.74) is 3.13. The predicted octanol–water partition coefficient (Wildman–Crippen LogP) is 3.03. The quantitative estimate of drug-likeness (QED) is 0.862. The first-order valence-electron chi connectivity index (χ1n) is 6.77. The van der Waals surface area contributed by atoms with Crippen molar-refractivity contribution in [3.63, 3.8) is 0 Å². The van der Waals surface area contributed by atoms with E-state index in [2.05, 4.69) is 48.3 Å². The van der Waals surface area contributed by atoms with Crippen molar-refractivity contribution >= 4 is 11.8 Å². The van der Waals surface area contributed by atoms with Crippen molar-refractivity contribution in [3.05, 3.63) is 35.4 Å². The third kappa shape index (κ3) is 2.53. The Labute approximate surface area is 108 Å². The van der Waals surface area contributed by atoms with Crippen molar-refractivity contribution in [1.82, 2.24) is 5.32 Å². The van der Waals surface area contributed by atoms with Gasteiger partial charge in [0.05, 0.1) is 0 Å². The van der Waals surface area contributed by atoms with Crippen LogP contribution in [0.1, 0.15) is 30.9 Å². The smallest absolute Gasteiger partial charge is 0.0194 e. The van der Waals surface area contributed by atoms with Crippen molar-refractivity contribution in [2.24, 2.45) is 0 Å². The fraction of sp³-hybridized carbons (Fsp3) is 0.600. The summed E-state index contributed by atoms with van der Waals surface area (Å²) in [6.45, 7) is 2.37. The van der Waals surface area contributed by atoms with Crippen molar-refractivity contribution in [1.29, 1.82) is 0 Å². The van der Waals surface area contributed by atoms with Gasteiger partial charge in [0, 0.05) is 17.3 Å². The Bertz CT molecular complexity index is 390. The molecule has 1 heterocycles. The molecule has 1 N–H and O–H groups in total.